The van der Waals surface area contributed by atoms with E-state index in [9.17, 15) is 9.59 Å². The lowest BCUT2D eigenvalue weighted by molar-refractivity contribution is -0.139. The second kappa shape index (κ2) is 7.66. The van der Waals surface area contributed by atoms with Crippen molar-refractivity contribution in [3.05, 3.63) is 71.4 Å². The fraction of sp³-hybridized carbons (Fsp3) is 0.273. The predicted octanol–water partition coefficient (Wildman–Crippen LogP) is 3.32. The van der Waals surface area contributed by atoms with E-state index < -0.39 is 0 Å². The van der Waals surface area contributed by atoms with Crippen LogP contribution in [0.15, 0.2) is 60.3 Å². The molecule has 140 valence electrons. The topological polar surface area (TPSA) is 49.9 Å². The normalized spacial score (nSPS) is 14.3. The first kappa shape index (κ1) is 18.7. The molecule has 0 unspecified atom stereocenters. The molecule has 5 heteroatoms. The van der Waals surface area contributed by atoms with Crippen LogP contribution in [0.25, 0.3) is 5.57 Å². The van der Waals surface area contributed by atoms with E-state index in [1.165, 1.54) is 4.90 Å². The van der Waals surface area contributed by atoms with Crippen LogP contribution in [-0.2, 0) is 16.1 Å². The molecule has 0 spiro atoms. The monoisotopic (exact) mass is 364 g/mol. The number of carbonyl (C=O) groups excluding carboxylic acids is 2. The van der Waals surface area contributed by atoms with E-state index in [0.29, 0.717) is 29.1 Å². The molecule has 2 aromatic rings. The largest absolute Gasteiger partial charge is 0.497 e. The third-order valence-electron chi connectivity index (χ3n) is 4.63. The van der Waals surface area contributed by atoms with Gasteiger partial charge in [0, 0.05) is 19.6 Å². The lowest BCUT2D eigenvalue weighted by atomic mass is 10.0. The zero-order valence-corrected chi connectivity index (χ0v) is 16.1. The molecule has 5 nitrogen and oxygen atoms in total. The molecule has 1 aliphatic rings. The standard InChI is InChI=1S/C22H24N2O3/c1-15(2)24-21(25)19(17-10-12-18(27-4)13-11-17)20(22(24)26)23(3)14-16-8-6-5-7-9-16/h5-13,15H,14H2,1-4H3. The van der Waals surface area contributed by atoms with Crippen molar-refractivity contribution in [2.75, 3.05) is 14.2 Å². The number of hydrogen-bond donors (Lipinski definition) is 0. The van der Waals surface area contributed by atoms with Gasteiger partial charge < -0.3 is 9.64 Å². The number of nitrogens with zero attached hydrogens (tertiary/aromatic N) is 2. The van der Waals surface area contributed by atoms with E-state index in [2.05, 4.69) is 0 Å². The Kier molecular flexibility index (Phi) is 5.31. The second-order valence-electron chi connectivity index (χ2n) is 6.87. The average Bonchev–Trinajstić information content (AvgIpc) is 2.93. The van der Waals surface area contributed by atoms with Gasteiger partial charge in [0.25, 0.3) is 11.8 Å². The SMILES string of the molecule is COc1ccc(C2=C(N(C)Cc3ccccc3)C(=O)N(C(C)C)C2=O)cc1. The van der Waals surface area contributed by atoms with Crippen LogP contribution >= 0.6 is 0 Å². The molecule has 2 amide bonds. The van der Waals surface area contributed by atoms with Crippen molar-refractivity contribution in [3.8, 4) is 5.75 Å². The summed E-state index contributed by atoms with van der Waals surface area (Å²) in [6.07, 6.45) is 0. The van der Waals surface area contributed by atoms with Gasteiger partial charge in [0.15, 0.2) is 0 Å². The molecule has 27 heavy (non-hydrogen) atoms. The summed E-state index contributed by atoms with van der Waals surface area (Å²) in [4.78, 5) is 29.3. The summed E-state index contributed by atoms with van der Waals surface area (Å²) in [6.45, 7) is 4.24. The molecule has 0 aromatic heterocycles. The summed E-state index contributed by atoms with van der Waals surface area (Å²) in [5.41, 5.74) is 2.66. The predicted molar refractivity (Wildman–Crippen MR) is 105 cm³/mol. The molecule has 0 aliphatic carbocycles. The minimum absolute atomic E-state index is 0.208. The third kappa shape index (κ3) is 3.58. The Morgan fingerprint density at radius 3 is 2.15 bits per heavy atom. The highest BCUT2D eigenvalue weighted by Crippen LogP contribution is 2.33. The van der Waals surface area contributed by atoms with E-state index in [-0.39, 0.29) is 17.9 Å². The van der Waals surface area contributed by atoms with Crippen LogP contribution in [0.4, 0.5) is 0 Å². The number of benzene rings is 2. The van der Waals surface area contributed by atoms with Gasteiger partial charge in [-0.05, 0) is 37.1 Å². The van der Waals surface area contributed by atoms with Crippen LogP contribution in [0.2, 0.25) is 0 Å². The first-order chi connectivity index (χ1) is 12.9. The molecule has 0 fully saturated rings. The molecule has 0 saturated carbocycles. The summed E-state index contributed by atoms with van der Waals surface area (Å²) in [7, 11) is 3.44. The van der Waals surface area contributed by atoms with Gasteiger partial charge in [-0.15, -0.1) is 0 Å². The molecule has 3 rings (SSSR count). The number of imide groups is 1. The highest BCUT2D eigenvalue weighted by Gasteiger charge is 2.41. The zero-order chi connectivity index (χ0) is 19.6. The number of hydrogen-bond acceptors (Lipinski definition) is 4. The van der Waals surface area contributed by atoms with E-state index >= 15 is 0 Å². The van der Waals surface area contributed by atoms with Crippen LogP contribution in [0.1, 0.15) is 25.0 Å². The van der Waals surface area contributed by atoms with E-state index in [1.807, 2.05) is 68.3 Å². The van der Waals surface area contributed by atoms with E-state index in [1.54, 1.807) is 19.2 Å². The molecule has 2 aromatic carbocycles. The van der Waals surface area contributed by atoms with Gasteiger partial charge in [-0.2, -0.15) is 0 Å². The molecular formula is C22H24N2O3. The Labute approximate surface area is 159 Å². The second-order valence-corrected chi connectivity index (χ2v) is 6.87. The van der Waals surface area contributed by atoms with Gasteiger partial charge in [0.05, 0.1) is 12.7 Å². The van der Waals surface area contributed by atoms with E-state index in [4.69, 9.17) is 4.74 Å². The molecule has 0 saturated heterocycles. The van der Waals surface area contributed by atoms with Crippen molar-refractivity contribution in [1.82, 2.24) is 9.80 Å². The van der Waals surface area contributed by atoms with Crippen LogP contribution in [0, 0.1) is 0 Å². The summed E-state index contributed by atoms with van der Waals surface area (Å²) >= 11 is 0. The quantitative estimate of drug-likeness (QED) is 0.738. The maximum Gasteiger partial charge on any atom is 0.278 e. The average molecular weight is 364 g/mol. The lowest BCUT2D eigenvalue weighted by Crippen LogP contribution is -2.39. The maximum absolute atomic E-state index is 13.1. The first-order valence-corrected chi connectivity index (χ1v) is 8.95. The van der Waals surface area contributed by atoms with Crippen molar-refractivity contribution in [3.63, 3.8) is 0 Å². The highest BCUT2D eigenvalue weighted by atomic mass is 16.5. The molecule has 1 heterocycles. The lowest BCUT2D eigenvalue weighted by Gasteiger charge is -2.23. The minimum Gasteiger partial charge on any atom is -0.497 e. The van der Waals surface area contributed by atoms with Gasteiger partial charge in [0.2, 0.25) is 0 Å². The number of rotatable bonds is 6. The van der Waals surface area contributed by atoms with Gasteiger partial charge in [-0.3, -0.25) is 14.5 Å². The van der Waals surface area contributed by atoms with Crippen molar-refractivity contribution < 1.29 is 14.3 Å². The van der Waals surface area contributed by atoms with Crippen LogP contribution < -0.4 is 4.74 Å². The van der Waals surface area contributed by atoms with Crippen LogP contribution in [-0.4, -0.2) is 41.8 Å². The number of carbonyl (C=O) groups is 2. The summed E-state index contributed by atoms with van der Waals surface area (Å²) in [5, 5.41) is 0. The van der Waals surface area contributed by atoms with Crippen LogP contribution in [0.3, 0.4) is 0 Å². The summed E-state index contributed by atoms with van der Waals surface area (Å²) in [5.74, 6) is 0.199. The third-order valence-corrected chi connectivity index (χ3v) is 4.63. The Balaban J connectivity index is 2.05. The number of methoxy groups -OCH3 is 1. The fourth-order valence-electron chi connectivity index (χ4n) is 3.31. The van der Waals surface area contributed by atoms with Gasteiger partial charge in [-0.1, -0.05) is 42.5 Å². The Morgan fingerprint density at radius 2 is 1.59 bits per heavy atom. The maximum atomic E-state index is 13.1. The molecule has 1 aliphatic heterocycles. The smallest absolute Gasteiger partial charge is 0.278 e. The molecule has 0 radical (unpaired) electrons. The molecule has 0 bridgehead atoms. The summed E-state index contributed by atoms with van der Waals surface area (Å²) < 4.78 is 5.20. The number of amides is 2. The van der Waals surface area contributed by atoms with Crippen molar-refractivity contribution in [2.45, 2.75) is 26.4 Å². The highest BCUT2D eigenvalue weighted by molar-refractivity contribution is 6.35. The van der Waals surface area contributed by atoms with Crippen LogP contribution in [0.5, 0.6) is 5.75 Å². The minimum atomic E-state index is -0.255. The van der Waals surface area contributed by atoms with Gasteiger partial charge in [-0.25, -0.2) is 0 Å². The fourth-order valence-corrected chi connectivity index (χ4v) is 3.31. The number of ether oxygens (including phenoxy) is 1. The zero-order valence-electron chi connectivity index (χ0n) is 16.1. The van der Waals surface area contributed by atoms with Crippen molar-refractivity contribution in [1.29, 1.82) is 0 Å². The first-order valence-electron chi connectivity index (χ1n) is 8.95. The Bertz CT molecular complexity index is 870. The van der Waals surface area contributed by atoms with Gasteiger partial charge >= 0.3 is 0 Å². The van der Waals surface area contributed by atoms with Crippen molar-refractivity contribution in [2.24, 2.45) is 0 Å². The van der Waals surface area contributed by atoms with E-state index in [0.717, 1.165) is 5.56 Å². The Hall–Kier alpha value is -3.08. The van der Waals surface area contributed by atoms with Crippen molar-refractivity contribution >= 4 is 17.4 Å². The van der Waals surface area contributed by atoms with Gasteiger partial charge in [0.1, 0.15) is 11.4 Å². The summed E-state index contributed by atoms with van der Waals surface area (Å²) in [6, 6.07) is 16.9. The number of likely N-dealkylation sites (N-methyl/N-ethyl adjacent to an activating group) is 1. The molecular weight excluding hydrogens is 340 g/mol. The molecule has 0 atom stereocenters. The Morgan fingerprint density at radius 1 is 0.963 bits per heavy atom. The molecule has 0 N–H and O–H groups in total.